The largest absolute Gasteiger partial charge is 0.508 e. The normalized spacial score (nSPS) is 30.6. The predicted octanol–water partition coefficient (Wildman–Crippen LogP) is 1.91. The molecule has 1 amide bonds. The number of ether oxygens (including phenoxy) is 2. The number of primary amides is 1. The first-order chi connectivity index (χ1) is 17.7. The molecule has 0 heterocycles. The third-order valence-electron chi connectivity index (χ3n) is 8.08. The number of carbonyl (C=O) groups excluding carboxylic acids is 3. The highest BCUT2D eigenvalue weighted by molar-refractivity contribution is 6.25. The number of rotatable bonds is 7. The van der Waals surface area contributed by atoms with Crippen molar-refractivity contribution in [3.63, 3.8) is 0 Å². The lowest BCUT2D eigenvalue weighted by atomic mass is 9.47. The summed E-state index contributed by atoms with van der Waals surface area (Å²) in [7, 11) is 3.37. The molecule has 3 aliphatic rings. The number of aromatic hydroxyl groups is 1. The molecule has 1 aromatic carbocycles. The van der Waals surface area contributed by atoms with Crippen molar-refractivity contribution < 1.29 is 39.2 Å². The summed E-state index contributed by atoms with van der Waals surface area (Å²) in [6.45, 7) is 9.09. The highest BCUT2D eigenvalue weighted by Crippen LogP contribution is 2.63. The lowest BCUT2D eigenvalue weighted by Gasteiger charge is -2.59. The second kappa shape index (κ2) is 8.99. The molecule has 204 valence electrons. The van der Waals surface area contributed by atoms with E-state index >= 15 is 0 Å². The zero-order valence-corrected chi connectivity index (χ0v) is 22.3. The minimum atomic E-state index is -2.68. The van der Waals surface area contributed by atoms with Crippen LogP contribution >= 0.6 is 0 Å². The summed E-state index contributed by atoms with van der Waals surface area (Å²) in [5.41, 5.74) is 0.260. The molecule has 0 aromatic heterocycles. The number of allylic oxidation sites excluding steroid dienone is 1. The van der Waals surface area contributed by atoms with Gasteiger partial charge in [-0.2, -0.15) is 0 Å². The number of aliphatic hydroxyl groups is 2. The Morgan fingerprint density at radius 3 is 2.47 bits per heavy atom. The van der Waals surface area contributed by atoms with E-state index in [0.29, 0.717) is 12.2 Å². The summed E-state index contributed by atoms with van der Waals surface area (Å²) in [5.74, 6) is -3.92. The van der Waals surface area contributed by atoms with Gasteiger partial charge in [-0.15, -0.1) is 0 Å². The number of phenols is 1. The van der Waals surface area contributed by atoms with Crippen LogP contribution in [0.5, 0.6) is 5.75 Å². The quantitative estimate of drug-likeness (QED) is 0.307. The van der Waals surface area contributed by atoms with Crippen molar-refractivity contribution in [2.75, 3.05) is 27.3 Å². The van der Waals surface area contributed by atoms with Crippen molar-refractivity contribution in [1.82, 2.24) is 4.90 Å². The number of ketones is 2. The fraction of sp³-hybridized carbons (Fsp3) is 0.464. The van der Waals surface area contributed by atoms with Crippen LogP contribution in [-0.2, 0) is 25.5 Å². The van der Waals surface area contributed by atoms with Crippen LogP contribution in [0.3, 0.4) is 0 Å². The molecule has 1 aromatic rings. The maximum Gasteiger partial charge on any atom is 0.255 e. The second-order valence-electron chi connectivity index (χ2n) is 11.0. The van der Waals surface area contributed by atoms with Crippen molar-refractivity contribution in [1.29, 1.82) is 0 Å². The predicted molar refractivity (Wildman–Crippen MR) is 137 cm³/mol. The second-order valence-corrected chi connectivity index (χ2v) is 11.0. The Morgan fingerprint density at radius 1 is 1.24 bits per heavy atom. The van der Waals surface area contributed by atoms with E-state index in [1.807, 2.05) is 0 Å². The smallest absolute Gasteiger partial charge is 0.255 e. The van der Waals surface area contributed by atoms with Gasteiger partial charge in [0.2, 0.25) is 5.78 Å². The summed E-state index contributed by atoms with van der Waals surface area (Å²) in [4.78, 5) is 42.0. The van der Waals surface area contributed by atoms with Crippen molar-refractivity contribution in [3.05, 3.63) is 64.3 Å². The van der Waals surface area contributed by atoms with E-state index in [9.17, 15) is 29.7 Å². The van der Waals surface area contributed by atoms with E-state index in [0.717, 1.165) is 0 Å². The summed E-state index contributed by atoms with van der Waals surface area (Å²) >= 11 is 0. The van der Waals surface area contributed by atoms with Gasteiger partial charge in [-0.05, 0) is 45.5 Å². The summed E-state index contributed by atoms with van der Waals surface area (Å²) in [5, 5.41) is 34.2. The maximum absolute atomic E-state index is 14.0. The number of nitrogens with zero attached hydrogens (tertiary/aromatic N) is 1. The van der Waals surface area contributed by atoms with Gasteiger partial charge in [-0.3, -0.25) is 19.3 Å². The number of Topliss-reactive ketones (excluding diaryl/α,β-unsaturated/α-hetero) is 2. The molecule has 5 N–H and O–H groups in total. The molecule has 0 fully saturated rings. The van der Waals surface area contributed by atoms with Crippen molar-refractivity contribution in [2.24, 2.45) is 16.6 Å². The molecule has 0 saturated carbocycles. The Hall–Kier alpha value is -3.63. The zero-order valence-electron chi connectivity index (χ0n) is 22.3. The maximum atomic E-state index is 14.0. The molecule has 3 aliphatic carbocycles. The molecule has 0 bridgehead atoms. The number of benzene rings is 1. The number of hydrogen-bond donors (Lipinski definition) is 4. The Morgan fingerprint density at radius 2 is 1.89 bits per heavy atom. The standard InChI is InChI=1S/C28H34N2O8/c1-7-37-14(2)12-38-21-18(25(29)35)23(33)28(36)24(34)19-20(32)17-15(9-8-10-16(17)31)11-26(19,3)13-27(28,4)22(21)30(5)6/h8-10,22,31,34,36H,2,7,11-13H2,1,3-6H3,(H2,29,35)/t22-,26+,27+,28-/m1/s1. The van der Waals surface area contributed by atoms with Gasteiger partial charge < -0.3 is 30.5 Å². The van der Waals surface area contributed by atoms with Gasteiger partial charge >= 0.3 is 0 Å². The average molecular weight is 527 g/mol. The number of hydrogen-bond acceptors (Lipinski definition) is 9. The molecule has 4 rings (SSSR count). The van der Waals surface area contributed by atoms with E-state index < -0.39 is 51.3 Å². The van der Waals surface area contributed by atoms with Gasteiger partial charge in [0.25, 0.3) is 5.91 Å². The number of carbonyl (C=O) groups is 3. The molecule has 0 spiro atoms. The first-order valence-electron chi connectivity index (χ1n) is 12.4. The first-order valence-corrected chi connectivity index (χ1v) is 12.4. The van der Waals surface area contributed by atoms with E-state index in [-0.39, 0.29) is 47.9 Å². The van der Waals surface area contributed by atoms with E-state index in [1.54, 1.807) is 51.9 Å². The fourth-order valence-corrected chi connectivity index (χ4v) is 6.81. The van der Waals surface area contributed by atoms with Gasteiger partial charge in [-0.1, -0.05) is 32.6 Å². The van der Waals surface area contributed by atoms with Gasteiger partial charge in [0, 0.05) is 16.4 Å². The molecule has 38 heavy (non-hydrogen) atoms. The van der Waals surface area contributed by atoms with Crippen LogP contribution < -0.4 is 5.73 Å². The van der Waals surface area contributed by atoms with Crippen LogP contribution in [0.4, 0.5) is 0 Å². The number of nitrogens with two attached hydrogens (primary N) is 1. The van der Waals surface area contributed by atoms with Crippen LogP contribution in [0.2, 0.25) is 0 Å². The lowest BCUT2D eigenvalue weighted by Crippen LogP contribution is -2.71. The molecule has 0 unspecified atom stereocenters. The monoisotopic (exact) mass is 526 g/mol. The minimum absolute atomic E-state index is 0.00951. The Labute approximate surface area is 221 Å². The number of amides is 1. The molecule has 4 atom stereocenters. The van der Waals surface area contributed by atoms with Gasteiger partial charge in [0.05, 0.1) is 18.2 Å². The number of aliphatic hydroxyl groups excluding tert-OH is 1. The highest BCUT2D eigenvalue weighted by atomic mass is 16.5. The minimum Gasteiger partial charge on any atom is -0.508 e. The zero-order chi connectivity index (χ0) is 28.4. The van der Waals surface area contributed by atoms with Crippen molar-refractivity contribution >= 4 is 17.5 Å². The highest BCUT2D eigenvalue weighted by Gasteiger charge is 2.71. The van der Waals surface area contributed by atoms with E-state index in [2.05, 4.69) is 6.58 Å². The Balaban J connectivity index is 1.99. The molecule has 10 heteroatoms. The van der Waals surface area contributed by atoms with Crippen LogP contribution in [0.25, 0.3) is 0 Å². The summed E-state index contributed by atoms with van der Waals surface area (Å²) in [6, 6.07) is 3.79. The summed E-state index contributed by atoms with van der Waals surface area (Å²) in [6.07, 6.45) is 0.308. The topological polar surface area (TPSA) is 160 Å². The third kappa shape index (κ3) is 3.58. The number of fused-ring (bicyclic) bond motifs is 3. The van der Waals surface area contributed by atoms with Crippen LogP contribution in [0.1, 0.15) is 43.1 Å². The molecular weight excluding hydrogens is 492 g/mol. The Kier molecular flexibility index (Phi) is 6.48. The van der Waals surface area contributed by atoms with E-state index in [1.165, 1.54) is 6.07 Å². The van der Waals surface area contributed by atoms with Gasteiger partial charge in [-0.25, -0.2) is 0 Å². The number of likely N-dealkylation sites (N-methyl/N-ethyl adjacent to an activating group) is 1. The molecule has 0 radical (unpaired) electrons. The fourth-order valence-electron chi connectivity index (χ4n) is 6.81. The lowest BCUT2D eigenvalue weighted by molar-refractivity contribution is -0.170. The number of phenolic OH excluding ortho intramolecular Hbond substituents is 1. The average Bonchev–Trinajstić information content (AvgIpc) is 2.79. The van der Waals surface area contributed by atoms with Gasteiger partial charge in [0.15, 0.2) is 11.4 Å². The summed E-state index contributed by atoms with van der Waals surface area (Å²) < 4.78 is 11.3. The van der Waals surface area contributed by atoms with E-state index in [4.69, 9.17) is 15.2 Å². The van der Waals surface area contributed by atoms with Crippen molar-refractivity contribution in [2.45, 2.75) is 45.3 Å². The SMILES string of the molecule is C=C(COC1=C(C(N)=O)C(=O)[C@@]2(O)C(O)=C3C(=O)c4c(O)cccc4C[C@@]3(C)C[C@@]2(C)[C@@H]1N(C)C)OCC. The molecule has 0 saturated heterocycles. The molecule has 10 nitrogen and oxygen atoms in total. The van der Waals surface area contributed by atoms with Gasteiger partial charge in [0.1, 0.15) is 35.2 Å². The Bertz CT molecular complexity index is 1330. The van der Waals surface area contributed by atoms with Crippen LogP contribution in [0.15, 0.2) is 53.2 Å². The van der Waals surface area contributed by atoms with Crippen molar-refractivity contribution in [3.8, 4) is 5.75 Å². The molecular formula is C28H34N2O8. The van der Waals surface area contributed by atoms with Crippen LogP contribution in [-0.4, -0.2) is 76.6 Å². The molecule has 0 aliphatic heterocycles. The van der Waals surface area contributed by atoms with Crippen LogP contribution in [0, 0.1) is 10.8 Å². The third-order valence-corrected chi connectivity index (χ3v) is 8.08. The first kappa shape index (κ1) is 27.4.